The molecule has 0 saturated carbocycles. The number of aryl methyl sites for hydroxylation is 1. The van der Waals surface area contributed by atoms with Gasteiger partial charge in [-0.25, -0.2) is 4.98 Å². The van der Waals surface area contributed by atoms with Gasteiger partial charge in [-0.15, -0.1) is 11.3 Å². The second-order valence-electron chi connectivity index (χ2n) is 4.40. The molecule has 0 aliphatic carbocycles. The van der Waals surface area contributed by atoms with E-state index in [4.69, 9.17) is 0 Å². The van der Waals surface area contributed by atoms with E-state index >= 15 is 0 Å². The third-order valence-corrected chi connectivity index (χ3v) is 4.78. The first-order chi connectivity index (χ1) is 9.15. The van der Waals surface area contributed by atoms with Gasteiger partial charge in [0.2, 0.25) is 0 Å². The topological polar surface area (TPSA) is 34.9 Å². The molecule has 0 amide bonds. The Kier molecular flexibility index (Phi) is 3.40. The third kappa shape index (κ3) is 2.44. The van der Waals surface area contributed by atoms with E-state index < -0.39 is 0 Å². The lowest BCUT2D eigenvalue weighted by Gasteiger charge is -2.05. The number of rotatable bonds is 2. The van der Waals surface area contributed by atoms with Crippen LogP contribution in [0.25, 0.3) is 10.2 Å². The minimum Gasteiger partial charge on any atom is -0.294 e. The Balaban J connectivity index is 2.04. The highest BCUT2D eigenvalue weighted by atomic mass is 127. The lowest BCUT2D eigenvalue weighted by Crippen LogP contribution is -2.20. The Morgan fingerprint density at radius 2 is 2.05 bits per heavy atom. The zero-order valence-corrected chi connectivity index (χ0v) is 13.2. The van der Waals surface area contributed by atoms with E-state index in [9.17, 15) is 4.79 Å². The molecule has 5 heteroatoms. The molecule has 0 saturated heterocycles. The van der Waals surface area contributed by atoms with Crippen molar-refractivity contribution in [3.63, 3.8) is 0 Å². The van der Waals surface area contributed by atoms with Crippen molar-refractivity contribution in [2.75, 3.05) is 0 Å². The van der Waals surface area contributed by atoms with Crippen LogP contribution in [0.3, 0.4) is 0 Å². The van der Waals surface area contributed by atoms with Gasteiger partial charge in [0.15, 0.2) is 0 Å². The molecule has 2 heterocycles. The summed E-state index contributed by atoms with van der Waals surface area (Å²) in [7, 11) is 0. The maximum Gasteiger partial charge on any atom is 0.271 e. The molecule has 2 aromatic heterocycles. The first-order valence-electron chi connectivity index (χ1n) is 5.83. The Bertz CT molecular complexity index is 789. The number of nitrogens with zero attached hydrogens (tertiary/aromatic N) is 2. The highest BCUT2D eigenvalue weighted by Gasteiger charge is 2.08. The second-order valence-corrected chi connectivity index (χ2v) is 6.53. The molecule has 0 radical (unpaired) electrons. The summed E-state index contributed by atoms with van der Waals surface area (Å²) >= 11 is 3.74. The van der Waals surface area contributed by atoms with E-state index in [-0.39, 0.29) is 5.56 Å². The van der Waals surface area contributed by atoms with E-state index in [1.807, 2.05) is 36.6 Å². The molecule has 3 nitrogen and oxygen atoms in total. The summed E-state index contributed by atoms with van der Waals surface area (Å²) in [6.07, 6.45) is 1.64. The van der Waals surface area contributed by atoms with E-state index in [0.717, 1.165) is 21.3 Å². The van der Waals surface area contributed by atoms with Gasteiger partial charge in [-0.2, -0.15) is 0 Å². The molecule has 0 spiro atoms. The first-order valence-corrected chi connectivity index (χ1v) is 7.78. The van der Waals surface area contributed by atoms with Crippen LogP contribution in [-0.4, -0.2) is 9.55 Å². The highest BCUT2D eigenvalue weighted by molar-refractivity contribution is 14.1. The molecule has 0 aliphatic rings. The Morgan fingerprint density at radius 3 is 2.79 bits per heavy atom. The smallest absolute Gasteiger partial charge is 0.271 e. The van der Waals surface area contributed by atoms with Crippen LogP contribution in [0.2, 0.25) is 0 Å². The number of hydrogen-bond donors (Lipinski definition) is 0. The molecule has 0 unspecified atom stereocenters. The predicted octanol–water partition coefficient (Wildman–Crippen LogP) is 3.42. The Labute approximate surface area is 128 Å². The molecule has 3 rings (SSSR count). The standard InChI is InChI=1S/C14H11IN2OS/c1-9-7-19-13-12(9)16-8-17(14(13)18)6-10-2-4-11(15)5-3-10/h2-5,7-8H,6H2,1H3. The van der Waals surface area contributed by atoms with Gasteiger partial charge in [0.1, 0.15) is 4.70 Å². The lowest BCUT2D eigenvalue weighted by atomic mass is 10.2. The zero-order chi connectivity index (χ0) is 13.4. The van der Waals surface area contributed by atoms with Crippen LogP contribution in [0, 0.1) is 10.5 Å². The number of benzene rings is 1. The summed E-state index contributed by atoms with van der Waals surface area (Å²) in [5, 5.41) is 1.98. The van der Waals surface area contributed by atoms with Crippen molar-refractivity contribution < 1.29 is 0 Å². The lowest BCUT2D eigenvalue weighted by molar-refractivity contribution is 0.749. The Hall–Kier alpha value is -1.21. The molecule has 0 N–H and O–H groups in total. The average molecular weight is 382 g/mol. The molecule has 0 fully saturated rings. The van der Waals surface area contributed by atoms with Crippen molar-refractivity contribution >= 4 is 44.1 Å². The number of hydrogen-bond acceptors (Lipinski definition) is 3. The van der Waals surface area contributed by atoms with E-state index in [0.29, 0.717) is 6.54 Å². The highest BCUT2D eigenvalue weighted by Crippen LogP contribution is 2.19. The minimum absolute atomic E-state index is 0.0432. The number of fused-ring (bicyclic) bond motifs is 1. The van der Waals surface area contributed by atoms with Gasteiger partial charge < -0.3 is 0 Å². The normalized spacial score (nSPS) is 11.1. The Morgan fingerprint density at radius 1 is 1.32 bits per heavy atom. The maximum absolute atomic E-state index is 12.3. The van der Waals surface area contributed by atoms with Crippen LogP contribution in [0.5, 0.6) is 0 Å². The van der Waals surface area contributed by atoms with Crippen molar-refractivity contribution in [3.8, 4) is 0 Å². The number of aromatic nitrogens is 2. The molecule has 0 bridgehead atoms. The summed E-state index contributed by atoms with van der Waals surface area (Å²) in [5.74, 6) is 0. The summed E-state index contributed by atoms with van der Waals surface area (Å²) in [4.78, 5) is 16.7. The van der Waals surface area contributed by atoms with Crippen LogP contribution >= 0.6 is 33.9 Å². The van der Waals surface area contributed by atoms with Gasteiger partial charge in [-0.1, -0.05) is 12.1 Å². The van der Waals surface area contributed by atoms with Gasteiger partial charge in [-0.05, 0) is 58.2 Å². The molecule has 3 aromatic rings. The van der Waals surface area contributed by atoms with E-state index in [1.54, 1.807) is 10.9 Å². The van der Waals surface area contributed by atoms with Crippen molar-refractivity contribution in [3.05, 3.63) is 61.0 Å². The van der Waals surface area contributed by atoms with Gasteiger partial charge in [-0.3, -0.25) is 9.36 Å². The maximum atomic E-state index is 12.3. The number of halogens is 1. The molecular weight excluding hydrogens is 371 g/mol. The quantitative estimate of drug-likeness (QED) is 0.637. The van der Waals surface area contributed by atoms with Crippen LogP contribution in [0.4, 0.5) is 0 Å². The zero-order valence-electron chi connectivity index (χ0n) is 10.3. The molecule has 1 aromatic carbocycles. The van der Waals surface area contributed by atoms with E-state index in [1.165, 1.54) is 14.9 Å². The predicted molar refractivity (Wildman–Crippen MR) is 86.9 cm³/mol. The van der Waals surface area contributed by atoms with Crippen LogP contribution < -0.4 is 5.56 Å². The van der Waals surface area contributed by atoms with Crippen molar-refractivity contribution in [1.29, 1.82) is 0 Å². The third-order valence-electron chi connectivity index (χ3n) is 2.99. The fourth-order valence-electron chi connectivity index (χ4n) is 1.96. The van der Waals surface area contributed by atoms with Crippen LogP contribution in [-0.2, 0) is 6.54 Å². The molecule has 96 valence electrons. The van der Waals surface area contributed by atoms with Gasteiger partial charge in [0.25, 0.3) is 5.56 Å². The van der Waals surface area contributed by atoms with Gasteiger partial charge in [0, 0.05) is 3.57 Å². The largest absolute Gasteiger partial charge is 0.294 e. The number of thiophene rings is 1. The SMILES string of the molecule is Cc1csc2c(=O)n(Cc3ccc(I)cc3)cnc12. The average Bonchev–Trinajstić information content (AvgIpc) is 2.78. The first kappa shape index (κ1) is 12.8. The molecular formula is C14H11IN2OS. The molecule has 0 atom stereocenters. The fraction of sp³-hybridized carbons (Fsp3) is 0.143. The second kappa shape index (κ2) is 5.05. The van der Waals surface area contributed by atoms with Crippen LogP contribution in [0.15, 0.2) is 40.8 Å². The minimum atomic E-state index is 0.0432. The van der Waals surface area contributed by atoms with E-state index in [2.05, 4.69) is 27.6 Å². The monoisotopic (exact) mass is 382 g/mol. The summed E-state index contributed by atoms with van der Waals surface area (Å²) in [6, 6.07) is 8.17. The fourth-order valence-corrected chi connectivity index (χ4v) is 3.27. The van der Waals surface area contributed by atoms with Crippen molar-refractivity contribution in [2.24, 2.45) is 0 Å². The van der Waals surface area contributed by atoms with Crippen LogP contribution in [0.1, 0.15) is 11.1 Å². The molecule has 19 heavy (non-hydrogen) atoms. The van der Waals surface area contributed by atoms with Gasteiger partial charge >= 0.3 is 0 Å². The summed E-state index contributed by atoms with van der Waals surface area (Å²) < 4.78 is 3.60. The molecule has 0 aliphatic heterocycles. The summed E-state index contributed by atoms with van der Waals surface area (Å²) in [5.41, 5.74) is 3.05. The van der Waals surface area contributed by atoms with Crippen molar-refractivity contribution in [2.45, 2.75) is 13.5 Å². The van der Waals surface area contributed by atoms with Crippen molar-refractivity contribution in [1.82, 2.24) is 9.55 Å². The summed E-state index contributed by atoms with van der Waals surface area (Å²) in [6.45, 7) is 2.55. The van der Waals surface area contributed by atoms with Gasteiger partial charge in [0.05, 0.1) is 18.4 Å².